The number of nitrogens with one attached hydrogen (secondary N) is 1. The second kappa shape index (κ2) is 7.13. The van der Waals surface area contributed by atoms with Gasteiger partial charge in [0.15, 0.2) is 9.84 Å². The van der Waals surface area contributed by atoms with E-state index in [2.05, 4.69) is 5.32 Å². The third-order valence-corrected chi connectivity index (χ3v) is 6.08. The first kappa shape index (κ1) is 17.3. The number of carbonyl (C=O) groups is 1. The van der Waals surface area contributed by atoms with Gasteiger partial charge in [-0.2, -0.15) is 0 Å². The maximum atomic E-state index is 12.3. The van der Waals surface area contributed by atoms with E-state index in [0.29, 0.717) is 23.8 Å². The van der Waals surface area contributed by atoms with Crippen LogP contribution in [0.4, 0.5) is 5.69 Å². The summed E-state index contributed by atoms with van der Waals surface area (Å²) < 4.78 is 27.7. The van der Waals surface area contributed by atoms with Crippen LogP contribution < -0.4 is 10.1 Å². The van der Waals surface area contributed by atoms with E-state index in [1.807, 2.05) is 6.07 Å². The van der Waals surface area contributed by atoms with E-state index in [1.165, 1.54) is 31.9 Å². The Morgan fingerprint density at radius 1 is 1.29 bits per heavy atom. The van der Waals surface area contributed by atoms with Crippen LogP contribution in [-0.4, -0.2) is 32.9 Å². The van der Waals surface area contributed by atoms with Crippen molar-refractivity contribution >= 4 is 21.4 Å². The summed E-state index contributed by atoms with van der Waals surface area (Å²) in [5, 5.41) is 2.94. The minimum atomic E-state index is -3.04. The van der Waals surface area contributed by atoms with E-state index in [9.17, 15) is 13.2 Å². The number of fused-ring (bicyclic) bond motifs is 2. The van der Waals surface area contributed by atoms with Crippen molar-refractivity contribution in [3.05, 3.63) is 24.3 Å². The third kappa shape index (κ3) is 4.72. The summed E-state index contributed by atoms with van der Waals surface area (Å²) in [6.45, 7) is 0.112. The Morgan fingerprint density at radius 2 is 2.12 bits per heavy atom. The van der Waals surface area contributed by atoms with Crippen LogP contribution in [0.2, 0.25) is 0 Å². The largest absolute Gasteiger partial charge is 0.492 e. The van der Waals surface area contributed by atoms with Crippen LogP contribution in [0.5, 0.6) is 5.75 Å². The maximum absolute atomic E-state index is 12.3. The highest BCUT2D eigenvalue weighted by molar-refractivity contribution is 7.90. The Balaban J connectivity index is 1.49. The molecule has 0 heterocycles. The molecule has 6 heteroatoms. The Kier molecular flexibility index (Phi) is 5.13. The number of sulfone groups is 1. The van der Waals surface area contributed by atoms with Crippen molar-refractivity contribution < 1.29 is 17.9 Å². The number of hydrogen-bond donors (Lipinski definition) is 1. The van der Waals surface area contributed by atoms with Crippen molar-refractivity contribution in [1.29, 1.82) is 0 Å². The van der Waals surface area contributed by atoms with Gasteiger partial charge in [0.05, 0.1) is 5.75 Å². The normalized spacial score (nSPS) is 25.6. The van der Waals surface area contributed by atoms with Crippen molar-refractivity contribution in [2.45, 2.75) is 32.1 Å². The van der Waals surface area contributed by atoms with Gasteiger partial charge in [-0.25, -0.2) is 8.42 Å². The first-order valence-corrected chi connectivity index (χ1v) is 10.7. The summed E-state index contributed by atoms with van der Waals surface area (Å²) in [4.78, 5) is 12.3. The molecule has 0 unspecified atom stereocenters. The number of anilines is 1. The van der Waals surface area contributed by atoms with E-state index >= 15 is 0 Å². The summed E-state index contributed by atoms with van der Waals surface area (Å²) in [6, 6.07) is 7.11. The monoisotopic (exact) mass is 351 g/mol. The first-order chi connectivity index (χ1) is 11.4. The molecule has 1 aromatic rings. The van der Waals surface area contributed by atoms with Crippen LogP contribution in [0.25, 0.3) is 0 Å². The molecule has 3 rings (SSSR count). The van der Waals surface area contributed by atoms with Crippen LogP contribution in [0.3, 0.4) is 0 Å². The molecule has 0 aromatic heterocycles. The fraction of sp³-hybridized carbons (Fsp3) is 0.611. The van der Waals surface area contributed by atoms with Gasteiger partial charge in [-0.15, -0.1) is 0 Å². The quantitative estimate of drug-likeness (QED) is 0.820. The van der Waals surface area contributed by atoms with Gasteiger partial charge in [0, 0.05) is 24.4 Å². The first-order valence-electron chi connectivity index (χ1n) is 8.59. The average Bonchev–Trinajstić information content (AvgIpc) is 3.08. The summed E-state index contributed by atoms with van der Waals surface area (Å²) in [5.74, 6) is 2.73. The molecule has 0 radical (unpaired) electrons. The van der Waals surface area contributed by atoms with E-state index in [1.54, 1.807) is 18.2 Å². The number of amides is 1. The molecule has 132 valence electrons. The zero-order valence-corrected chi connectivity index (χ0v) is 14.8. The number of ether oxygens (including phenoxy) is 1. The smallest absolute Gasteiger partial charge is 0.224 e. The Bertz CT molecular complexity index is 701. The molecule has 0 saturated heterocycles. The van der Waals surface area contributed by atoms with Gasteiger partial charge >= 0.3 is 0 Å². The van der Waals surface area contributed by atoms with Gasteiger partial charge in [0.25, 0.3) is 0 Å². The Hall–Kier alpha value is -1.56. The minimum Gasteiger partial charge on any atom is -0.492 e. The van der Waals surface area contributed by atoms with E-state index in [0.717, 1.165) is 11.8 Å². The van der Waals surface area contributed by atoms with E-state index < -0.39 is 9.84 Å². The lowest BCUT2D eigenvalue weighted by Gasteiger charge is -2.21. The number of benzene rings is 1. The Labute approximate surface area is 143 Å². The molecule has 2 saturated carbocycles. The lowest BCUT2D eigenvalue weighted by molar-refractivity contribution is -0.117. The summed E-state index contributed by atoms with van der Waals surface area (Å²) >= 11 is 0. The molecular formula is C18H25NO4S. The molecule has 0 spiro atoms. The molecule has 2 fully saturated rings. The van der Waals surface area contributed by atoms with Crippen LogP contribution >= 0.6 is 0 Å². The summed E-state index contributed by atoms with van der Waals surface area (Å²) in [5.41, 5.74) is 0.694. The van der Waals surface area contributed by atoms with Crippen LogP contribution in [0, 0.1) is 17.8 Å². The van der Waals surface area contributed by atoms with Crippen molar-refractivity contribution in [3.63, 3.8) is 0 Å². The predicted octanol–water partition coefficient (Wildman–Crippen LogP) is 2.87. The van der Waals surface area contributed by atoms with Crippen molar-refractivity contribution in [2.24, 2.45) is 17.8 Å². The van der Waals surface area contributed by atoms with Crippen LogP contribution in [-0.2, 0) is 14.6 Å². The van der Waals surface area contributed by atoms with Crippen LogP contribution in [0.1, 0.15) is 32.1 Å². The van der Waals surface area contributed by atoms with Crippen molar-refractivity contribution in [3.8, 4) is 5.75 Å². The van der Waals surface area contributed by atoms with Gasteiger partial charge in [0.1, 0.15) is 12.4 Å². The standard InChI is InChI=1S/C18H25NO4S/c1-24(21,22)8-7-23-17-4-2-3-16(12-17)19-18(20)11-15-10-13-5-6-14(15)9-13/h2-4,12-15H,5-11H2,1H3,(H,19,20)/t13-,14-,15+/m0/s1. The second-order valence-corrected chi connectivity index (χ2v) is 9.45. The number of carbonyl (C=O) groups excluding carboxylic acids is 1. The van der Waals surface area contributed by atoms with Gasteiger partial charge in [-0.1, -0.05) is 12.5 Å². The summed E-state index contributed by atoms with van der Waals surface area (Å²) in [6.07, 6.45) is 6.92. The topological polar surface area (TPSA) is 72.5 Å². The average molecular weight is 351 g/mol. The summed E-state index contributed by atoms with van der Waals surface area (Å²) in [7, 11) is -3.04. The molecule has 0 aliphatic heterocycles. The lowest BCUT2D eigenvalue weighted by Crippen LogP contribution is -2.20. The SMILES string of the molecule is CS(=O)(=O)CCOc1cccc(NC(=O)C[C@H]2C[C@H]3CC[C@H]2C3)c1. The highest BCUT2D eigenvalue weighted by Gasteiger charge is 2.40. The lowest BCUT2D eigenvalue weighted by atomic mass is 9.86. The van der Waals surface area contributed by atoms with Crippen molar-refractivity contribution in [2.75, 3.05) is 23.9 Å². The number of rotatable bonds is 7. The fourth-order valence-electron chi connectivity index (χ4n) is 4.05. The highest BCUT2D eigenvalue weighted by atomic mass is 32.2. The molecule has 1 N–H and O–H groups in total. The molecule has 1 amide bonds. The zero-order valence-electron chi connectivity index (χ0n) is 14.0. The van der Waals surface area contributed by atoms with Gasteiger partial charge in [-0.3, -0.25) is 4.79 Å². The molecule has 5 nitrogen and oxygen atoms in total. The Morgan fingerprint density at radius 3 is 2.79 bits per heavy atom. The van der Waals surface area contributed by atoms with Crippen molar-refractivity contribution in [1.82, 2.24) is 0 Å². The van der Waals surface area contributed by atoms with Crippen LogP contribution in [0.15, 0.2) is 24.3 Å². The highest BCUT2D eigenvalue weighted by Crippen LogP contribution is 2.49. The molecule has 2 aliphatic rings. The van der Waals surface area contributed by atoms with Gasteiger partial charge in [0.2, 0.25) is 5.91 Å². The third-order valence-electron chi connectivity index (χ3n) is 5.17. The molecule has 2 aliphatic carbocycles. The van der Waals surface area contributed by atoms with Gasteiger partial charge < -0.3 is 10.1 Å². The van der Waals surface area contributed by atoms with E-state index in [4.69, 9.17) is 4.74 Å². The maximum Gasteiger partial charge on any atom is 0.224 e. The minimum absolute atomic E-state index is 0.0200. The molecular weight excluding hydrogens is 326 g/mol. The second-order valence-electron chi connectivity index (χ2n) is 7.19. The molecule has 3 atom stereocenters. The molecule has 24 heavy (non-hydrogen) atoms. The zero-order chi connectivity index (χ0) is 17.2. The van der Waals surface area contributed by atoms with E-state index in [-0.39, 0.29) is 18.3 Å². The predicted molar refractivity (Wildman–Crippen MR) is 93.8 cm³/mol. The fourth-order valence-corrected chi connectivity index (χ4v) is 4.44. The molecule has 2 bridgehead atoms. The number of hydrogen-bond acceptors (Lipinski definition) is 4. The molecule has 1 aromatic carbocycles. The van der Waals surface area contributed by atoms with Gasteiger partial charge in [-0.05, 0) is 49.1 Å².